The van der Waals surface area contributed by atoms with Crippen molar-refractivity contribution in [3.8, 4) is 5.75 Å². The summed E-state index contributed by atoms with van der Waals surface area (Å²) in [5, 5.41) is 30.0. The molecule has 0 saturated carbocycles. The Balaban J connectivity index is 2.27. The van der Waals surface area contributed by atoms with Gasteiger partial charge in [-0.25, -0.2) is 9.59 Å². The van der Waals surface area contributed by atoms with E-state index in [1.165, 1.54) is 13.2 Å². The van der Waals surface area contributed by atoms with E-state index in [2.05, 4.69) is 0 Å². The van der Waals surface area contributed by atoms with Crippen molar-refractivity contribution in [3.63, 3.8) is 0 Å². The third kappa shape index (κ3) is 6.79. The first kappa shape index (κ1) is 28.3. The normalized spacial score (nSPS) is 12.3. The van der Waals surface area contributed by atoms with Crippen molar-refractivity contribution in [2.75, 3.05) is 33.7 Å². The quantitative estimate of drug-likeness (QED) is 0.321. The zero-order chi connectivity index (χ0) is 26.3. The first-order valence-corrected chi connectivity index (χ1v) is 11.1. The predicted octanol–water partition coefficient (Wildman–Crippen LogP) is 2.31. The lowest BCUT2D eigenvalue weighted by atomic mass is 9.98. The van der Waals surface area contributed by atoms with Gasteiger partial charge in [0.05, 0.1) is 24.3 Å². The molecule has 0 aliphatic heterocycles. The number of aliphatic hydroxyl groups is 3. The number of ether oxygens (including phenoxy) is 4. The Labute approximate surface area is 205 Å². The number of carbonyl (C=O) groups excluding carboxylic acids is 2. The van der Waals surface area contributed by atoms with E-state index in [0.717, 1.165) is 27.8 Å². The lowest BCUT2D eigenvalue weighted by Crippen LogP contribution is -2.53. The van der Waals surface area contributed by atoms with Gasteiger partial charge in [-0.2, -0.15) is 0 Å². The van der Waals surface area contributed by atoms with Crippen LogP contribution in [0.1, 0.15) is 48.5 Å². The molecular formula is C26H34O9. The second-order valence-corrected chi connectivity index (χ2v) is 8.61. The van der Waals surface area contributed by atoms with Crippen LogP contribution in [0.3, 0.4) is 0 Å². The Kier molecular flexibility index (Phi) is 9.79. The molecule has 0 heterocycles. The van der Waals surface area contributed by atoms with Gasteiger partial charge in [0.15, 0.2) is 18.5 Å². The van der Waals surface area contributed by atoms with Gasteiger partial charge in [-0.05, 0) is 86.7 Å². The highest BCUT2D eigenvalue weighted by atomic mass is 16.7. The van der Waals surface area contributed by atoms with Gasteiger partial charge < -0.3 is 34.3 Å². The summed E-state index contributed by atoms with van der Waals surface area (Å²) in [6, 6.07) is 6.38. The summed E-state index contributed by atoms with van der Waals surface area (Å²) in [6.07, 6.45) is -1.55. The molecule has 0 saturated heterocycles. The fourth-order valence-corrected chi connectivity index (χ4v) is 3.36. The van der Waals surface area contributed by atoms with Crippen LogP contribution in [-0.2, 0) is 14.2 Å². The van der Waals surface area contributed by atoms with Crippen LogP contribution in [0, 0.1) is 34.6 Å². The molecule has 2 rings (SSSR count). The van der Waals surface area contributed by atoms with Crippen molar-refractivity contribution in [1.82, 2.24) is 0 Å². The third-order valence-electron chi connectivity index (χ3n) is 6.11. The van der Waals surface area contributed by atoms with E-state index >= 15 is 0 Å². The highest BCUT2D eigenvalue weighted by Crippen LogP contribution is 2.26. The number of aliphatic hydroxyl groups excluding tert-OH is 2. The zero-order valence-electron chi connectivity index (χ0n) is 21.0. The Morgan fingerprint density at radius 1 is 0.857 bits per heavy atom. The minimum atomic E-state index is -2.25. The Hall–Kier alpha value is -2.98. The smallest absolute Gasteiger partial charge is 0.338 e. The van der Waals surface area contributed by atoms with Gasteiger partial charge >= 0.3 is 11.9 Å². The zero-order valence-corrected chi connectivity index (χ0v) is 21.0. The molecule has 0 fully saturated rings. The van der Waals surface area contributed by atoms with E-state index in [1.807, 2.05) is 27.7 Å². The predicted molar refractivity (Wildman–Crippen MR) is 128 cm³/mol. The molecule has 2 aromatic carbocycles. The number of methoxy groups -OCH3 is 1. The molecule has 0 aliphatic carbocycles. The summed E-state index contributed by atoms with van der Waals surface area (Å²) in [5.41, 5.74) is 2.56. The van der Waals surface area contributed by atoms with Gasteiger partial charge in [-0.3, -0.25) is 0 Å². The van der Waals surface area contributed by atoms with Crippen LogP contribution >= 0.6 is 0 Å². The highest BCUT2D eigenvalue weighted by Gasteiger charge is 2.40. The molecule has 0 bridgehead atoms. The molecular weight excluding hydrogens is 456 g/mol. The molecule has 0 spiro atoms. The number of rotatable bonds is 11. The molecule has 1 atom stereocenters. The molecule has 2 aromatic rings. The largest absolute Gasteiger partial charge is 0.467 e. The number of hydrogen-bond acceptors (Lipinski definition) is 9. The standard InChI is InChI=1S/C26H34O9/c1-15-7-20(8-16(2)18(15)4)24(29)33-11-23(26(31,12-27)13-28)35-25(30)21-9-17(3)19(5)22(10-21)34-14-32-6/h7-10,23,27-28,31H,11-14H2,1-6H3. The number of hydrogen-bond donors (Lipinski definition) is 3. The van der Waals surface area contributed by atoms with E-state index in [-0.39, 0.29) is 12.4 Å². The highest BCUT2D eigenvalue weighted by molar-refractivity contribution is 5.91. The van der Waals surface area contributed by atoms with Crippen molar-refractivity contribution in [3.05, 3.63) is 63.2 Å². The first-order valence-electron chi connectivity index (χ1n) is 11.1. The average molecular weight is 491 g/mol. The number of aryl methyl sites for hydroxylation is 3. The summed E-state index contributed by atoms with van der Waals surface area (Å²) >= 11 is 0. The SMILES string of the molecule is COCOc1cc(C(=O)OC(COC(=O)c2cc(C)c(C)c(C)c2)C(O)(CO)CO)cc(C)c1C. The Bertz CT molecular complexity index is 1030. The van der Waals surface area contributed by atoms with Gasteiger partial charge in [0, 0.05) is 7.11 Å². The van der Waals surface area contributed by atoms with Crippen LogP contribution in [0.2, 0.25) is 0 Å². The minimum Gasteiger partial charge on any atom is -0.467 e. The molecule has 35 heavy (non-hydrogen) atoms. The van der Waals surface area contributed by atoms with Crippen molar-refractivity contribution in [2.24, 2.45) is 0 Å². The molecule has 1 unspecified atom stereocenters. The summed E-state index contributed by atoms with van der Waals surface area (Å²) in [6.45, 7) is 6.80. The molecule has 0 radical (unpaired) electrons. The van der Waals surface area contributed by atoms with Crippen molar-refractivity contribution < 1.29 is 43.9 Å². The number of esters is 2. The minimum absolute atomic E-state index is 0.0237. The topological polar surface area (TPSA) is 132 Å². The fourth-order valence-electron chi connectivity index (χ4n) is 3.36. The molecule has 3 N–H and O–H groups in total. The van der Waals surface area contributed by atoms with Crippen molar-refractivity contribution >= 4 is 11.9 Å². The van der Waals surface area contributed by atoms with Crippen molar-refractivity contribution in [1.29, 1.82) is 0 Å². The molecule has 0 aromatic heterocycles. The van der Waals surface area contributed by atoms with Crippen LogP contribution in [0.5, 0.6) is 5.75 Å². The van der Waals surface area contributed by atoms with E-state index in [4.69, 9.17) is 18.9 Å². The van der Waals surface area contributed by atoms with Gasteiger partial charge in [0.2, 0.25) is 0 Å². The van der Waals surface area contributed by atoms with Crippen LogP contribution in [0.15, 0.2) is 24.3 Å². The second kappa shape index (κ2) is 12.1. The van der Waals surface area contributed by atoms with Gasteiger partial charge in [0.1, 0.15) is 12.4 Å². The second-order valence-electron chi connectivity index (χ2n) is 8.61. The van der Waals surface area contributed by atoms with E-state index in [1.54, 1.807) is 25.1 Å². The Morgan fingerprint density at radius 2 is 1.37 bits per heavy atom. The molecule has 9 heteroatoms. The molecule has 0 aliphatic rings. The van der Waals surface area contributed by atoms with Gasteiger partial charge in [-0.15, -0.1) is 0 Å². The summed E-state index contributed by atoms with van der Waals surface area (Å²) in [7, 11) is 1.47. The van der Waals surface area contributed by atoms with Crippen molar-refractivity contribution in [2.45, 2.75) is 46.3 Å². The van der Waals surface area contributed by atoms with Crippen LogP contribution < -0.4 is 4.74 Å². The summed E-state index contributed by atoms with van der Waals surface area (Å²) in [5.74, 6) is -1.15. The van der Waals surface area contributed by atoms with Crippen LogP contribution in [0.4, 0.5) is 0 Å². The molecule has 192 valence electrons. The number of benzene rings is 2. The summed E-state index contributed by atoms with van der Waals surface area (Å²) < 4.78 is 21.1. The lowest BCUT2D eigenvalue weighted by Gasteiger charge is -2.32. The van der Waals surface area contributed by atoms with Crippen LogP contribution in [-0.4, -0.2) is 72.7 Å². The monoisotopic (exact) mass is 490 g/mol. The van der Waals surface area contributed by atoms with E-state index < -0.39 is 43.5 Å². The van der Waals surface area contributed by atoms with Gasteiger partial charge in [-0.1, -0.05) is 0 Å². The first-order chi connectivity index (χ1) is 16.5. The summed E-state index contributed by atoms with van der Waals surface area (Å²) in [4.78, 5) is 25.6. The lowest BCUT2D eigenvalue weighted by molar-refractivity contribution is -0.147. The van der Waals surface area contributed by atoms with Gasteiger partial charge in [0.25, 0.3) is 0 Å². The molecule has 9 nitrogen and oxygen atoms in total. The Morgan fingerprint density at radius 3 is 1.89 bits per heavy atom. The number of carbonyl (C=O) groups is 2. The van der Waals surface area contributed by atoms with Crippen LogP contribution in [0.25, 0.3) is 0 Å². The third-order valence-corrected chi connectivity index (χ3v) is 6.11. The molecule has 0 amide bonds. The fraction of sp³-hybridized carbons (Fsp3) is 0.462. The van der Waals surface area contributed by atoms with E-state index in [9.17, 15) is 24.9 Å². The maximum atomic E-state index is 12.9. The maximum absolute atomic E-state index is 12.9. The van der Waals surface area contributed by atoms with E-state index in [0.29, 0.717) is 11.3 Å². The average Bonchev–Trinajstić information content (AvgIpc) is 2.84. The maximum Gasteiger partial charge on any atom is 0.338 e.